The number of carbonyl (C=O) groups is 4. The number of amides is 2. The van der Waals surface area contributed by atoms with Gasteiger partial charge in [-0.1, -0.05) is 25.3 Å². The van der Waals surface area contributed by atoms with Crippen LogP contribution in [0.25, 0.3) is 12.2 Å². The number of ether oxygens (including phenoxy) is 4. The van der Waals surface area contributed by atoms with Crippen molar-refractivity contribution >= 4 is 59.2 Å². The Morgan fingerprint density at radius 2 is 1.24 bits per heavy atom. The maximum absolute atomic E-state index is 14.1. The molecule has 2 heterocycles. The topological polar surface area (TPSA) is 167 Å². The second-order valence-electron chi connectivity index (χ2n) is 12.5. The van der Waals surface area contributed by atoms with Crippen LogP contribution in [0.3, 0.4) is 0 Å². The van der Waals surface area contributed by atoms with Gasteiger partial charge in [-0.25, -0.2) is 9.59 Å². The molecule has 0 aliphatic heterocycles. The molecule has 2 amide bonds. The Hall–Kier alpha value is -7.10. The summed E-state index contributed by atoms with van der Waals surface area (Å²) in [6.07, 6.45) is 7.74. The van der Waals surface area contributed by atoms with Gasteiger partial charge in [-0.3, -0.25) is 24.5 Å². The highest BCUT2D eigenvalue weighted by molar-refractivity contribution is 6.43. The normalized spacial score (nSPS) is 11.2. The molecule has 2 aromatic carbocycles. The smallest absolute Gasteiger partial charge is 0.418 e. The van der Waals surface area contributed by atoms with Crippen LogP contribution in [0.5, 0.6) is 11.5 Å². The molecule has 0 atom stereocenters. The number of anilines is 2. The molecule has 4 rings (SSSR count). The summed E-state index contributed by atoms with van der Waals surface area (Å²) in [5.74, 6) is -2.37. The highest BCUT2D eigenvalue weighted by Gasteiger charge is 2.35. The van der Waals surface area contributed by atoms with E-state index in [2.05, 4.69) is 38.8 Å². The Labute approximate surface area is 338 Å². The summed E-state index contributed by atoms with van der Waals surface area (Å²) >= 11 is 0. The quantitative estimate of drug-likeness (QED) is 0.0293. The molecule has 0 aliphatic rings. The zero-order chi connectivity index (χ0) is 42.6. The minimum atomic E-state index is -4.88. The first-order chi connectivity index (χ1) is 28.3. The Balaban J connectivity index is 1.27. The molecule has 0 radical (unpaired) electrons. The number of benzene rings is 2. The highest BCUT2D eigenvalue weighted by Crippen LogP contribution is 2.37. The molecule has 16 heteroatoms. The Morgan fingerprint density at radius 1 is 0.695 bits per heavy atom. The molecule has 13 nitrogen and oxygen atoms in total. The van der Waals surface area contributed by atoms with E-state index in [9.17, 15) is 32.3 Å². The number of aryl methyl sites for hydroxylation is 1. The van der Waals surface area contributed by atoms with Gasteiger partial charge in [0.15, 0.2) is 0 Å². The van der Waals surface area contributed by atoms with E-state index >= 15 is 0 Å². The summed E-state index contributed by atoms with van der Waals surface area (Å²) in [6, 6.07) is 14.8. The Kier molecular flexibility index (Phi) is 17.1. The lowest BCUT2D eigenvalue weighted by atomic mass is 10.1. The predicted molar refractivity (Wildman–Crippen MR) is 216 cm³/mol. The number of nitrogens with one attached hydrogen (secondary N) is 2. The fourth-order valence-electron chi connectivity index (χ4n) is 4.95. The number of unbranched alkanes of at least 4 members (excludes halogenated alkanes) is 2. The first-order valence-electron chi connectivity index (χ1n) is 18.3. The Morgan fingerprint density at radius 3 is 1.76 bits per heavy atom. The molecule has 4 aromatic rings. The third kappa shape index (κ3) is 15.4. The van der Waals surface area contributed by atoms with Crippen molar-refractivity contribution in [3.8, 4) is 11.5 Å². The van der Waals surface area contributed by atoms with E-state index in [1.807, 2.05) is 0 Å². The minimum Gasteiger partial charge on any atom is -0.492 e. The molecule has 0 aliphatic carbocycles. The zero-order valence-corrected chi connectivity index (χ0v) is 32.1. The van der Waals surface area contributed by atoms with Crippen LogP contribution in [0.4, 0.5) is 30.2 Å². The van der Waals surface area contributed by atoms with Crippen LogP contribution >= 0.6 is 0 Å². The summed E-state index contributed by atoms with van der Waals surface area (Å²) in [7, 11) is 0. The molecule has 308 valence electrons. The lowest BCUT2D eigenvalue weighted by Gasteiger charge is -2.15. The molecule has 2 aromatic heterocycles. The fourth-order valence-corrected chi connectivity index (χ4v) is 4.95. The van der Waals surface area contributed by atoms with E-state index < -0.39 is 41.2 Å². The van der Waals surface area contributed by atoms with Crippen molar-refractivity contribution < 1.29 is 51.3 Å². The second-order valence-corrected chi connectivity index (χ2v) is 12.5. The van der Waals surface area contributed by atoms with Crippen LogP contribution in [-0.4, -0.2) is 66.4 Å². The average molecular weight is 814 g/mol. The highest BCUT2D eigenvalue weighted by atomic mass is 19.4. The van der Waals surface area contributed by atoms with Gasteiger partial charge in [-0.2, -0.15) is 13.2 Å². The van der Waals surface area contributed by atoms with Crippen LogP contribution in [0.15, 0.2) is 103 Å². The predicted octanol–water partition coefficient (Wildman–Crippen LogP) is 8.08. The number of hydrogen-bond acceptors (Lipinski definition) is 11. The van der Waals surface area contributed by atoms with Gasteiger partial charge in [0, 0.05) is 17.8 Å². The number of hydrogen-bond donors (Lipinski definition) is 2. The van der Waals surface area contributed by atoms with Crippen LogP contribution < -0.4 is 20.1 Å². The zero-order valence-electron chi connectivity index (χ0n) is 32.1. The van der Waals surface area contributed by atoms with Crippen molar-refractivity contribution in [1.82, 2.24) is 9.97 Å². The summed E-state index contributed by atoms with van der Waals surface area (Å²) in [5, 5.41) is 4.50. The van der Waals surface area contributed by atoms with Gasteiger partial charge in [-0.05, 0) is 104 Å². The van der Waals surface area contributed by atoms with Gasteiger partial charge in [-0.15, -0.1) is 0 Å². The average Bonchev–Trinajstić information content (AvgIpc) is 3.23. The largest absolute Gasteiger partial charge is 0.492 e. The molecule has 0 unspecified atom stereocenters. The van der Waals surface area contributed by atoms with Gasteiger partial charge in [0.2, 0.25) is 0 Å². The van der Waals surface area contributed by atoms with E-state index in [0.29, 0.717) is 73.0 Å². The van der Waals surface area contributed by atoms with Crippen LogP contribution in [0.2, 0.25) is 0 Å². The number of pyridine rings is 2. The molecule has 59 heavy (non-hydrogen) atoms. The van der Waals surface area contributed by atoms with Crippen LogP contribution in [0.1, 0.15) is 53.8 Å². The molecule has 0 bridgehead atoms. The number of rotatable bonds is 20. The van der Waals surface area contributed by atoms with Crippen LogP contribution in [-0.2, 0) is 34.8 Å². The number of aliphatic imine (C=N–C) groups is 1. The first kappa shape index (κ1) is 44.6. The summed E-state index contributed by atoms with van der Waals surface area (Å²) < 4.78 is 63.2. The SMILES string of the molecule is C=CC(=O)OCCCCOc1ccc(/C=C/c2ccc(NC(=O)C(=O)Nc3ccc(/N=C/c4ccc(OCCCCOC(=O)C=C)cn4)cc3C(F)(F)F)c(C)c2)nc1. The fraction of sp³-hybridized carbons (Fsp3) is 0.233. The van der Waals surface area contributed by atoms with Crippen molar-refractivity contribution in [1.29, 1.82) is 0 Å². The minimum absolute atomic E-state index is 0.0698. The standard InChI is InChI=1S/C43H42F3N5O8/c1-4-39(52)58-22-8-6-20-56-34-16-13-31(48-27-34)12-10-30-11-18-37(29(3)24-30)50-41(54)42(55)51-38-19-15-32(25-36(38)43(44,45)46)47-26-33-14-17-35(28-49-33)57-21-7-9-23-59-40(53)5-2/h4-5,10-19,24-28H,1-2,6-9,20-23H2,3H3,(H,50,54)(H,51,55)/b12-10+,47-26+. The number of halogens is 3. The van der Waals surface area contributed by atoms with Crippen molar-refractivity contribution in [2.45, 2.75) is 38.8 Å². The third-order valence-corrected chi connectivity index (χ3v) is 8.01. The van der Waals surface area contributed by atoms with Crippen molar-refractivity contribution in [3.05, 3.63) is 126 Å². The molecule has 0 saturated carbocycles. The van der Waals surface area contributed by atoms with Gasteiger partial charge >= 0.3 is 29.9 Å². The number of carbonyl (C=O) groups excluding carboxylic acids is 4. The number of esters is 2. The van der Waals surface area contributed by atoms with Gasteiger partial charge in [0.25, 0.3) is 0 Å². The van der Waals surface area contributed by atoms with Crippen LogP contribution in [0, 0.1) is 6.92 Å². The van der Waals surface area contributed by atoms with Crippen molar-refractivity contribution in [2.75, 3.05) is 37.1 Å². The monoisotopic (exact) mass is 813 g/mol. The van der Waals surface area contributed by atoms with E-state index in [-0.39, 0.29) is 18.9 Å². The maximum Gasteiger partial charge on any atom is 0.418 e. The van der Waals surface area contributed by atoms with E-state index in [4.69, 9.17) is 18.9 Å². The van der Waals surface area contributed by atoms with E-state index in [1.54, 1.807) is 67.7 Å². The molecular weight excluding hydrogens is 771 g/mol. The molecule has 0 saturated heterocycles. The molecule has 0 fully saturated rings. The summed E-state index contributed by atoms with van der Waals surface area (Å²) in [4.78, 5) is 60.2. The molecule has 2 N–H and O–H groups in total. The van der Waals surface area contributed by atoms with Crippen molar-refractivity contribution in [2.24, 2.45) is 4.99 Å². The molecule has 0 spiro atoms. The lowest BCUT2D eigenvalue weighted by Crippen LogP contribution is -2.30. The van der Waals surface area contributed by atoms with Crippen molar-refractivity contribution in [3.63, 3.8) is 0 Å². The maximum atomic E-state index is 14.1. The van der Waals surface area contributed by atoms with E-state index in [1.165, 1.54) is 18.5 Å². The van der Waals surface area contributed by atoms with Gasteiger partial charge in [0.1, 0.15) is 11.5 Å². The number of aromatic nitrogens is 2. The lowest BCUT2D eigenvalue weighted by molar-refractivity contribution is -0.138. The second kappa shape index (κ2) is 22.6. The van der Waals surface area contributed by atoms with E-state index in [0.717, 1.165) is 29.8 Å². The summed E-state index contributed by atoms with van der Waals surface area (Å²) in [6.45, 7) is 9.68. The number of nitrogens with zero attached hydrogens (tertiary/aromatic N) is 3. The first-order valence-corrected chi connectivity index (χ1v) is 18.3. The number of alkyl halides is 3. The third-order valence-electron chi connectivity index (χ3n) is 8.01. The van der Waals surface area contributed by atoms with Gasteiger partial charge in [0.05, 0.1) is 73.4 Å². The molecular formula is C43H42F3N5O8. The van der Waals surface area contributed by atoms with Gasteiger partial charge < -0.3 is 29.6 Å². The summed E-state index contributed by atoms with van der Waals surface area (Å²) in [5.41, 5.74) is 0.761. The Bertz CT molecular complexity index is 2150.